The van der Waals surface area contributed by atoms with Crippen LogP contribution in [0.1, 0.15) is 6.92 Å². The number of anilines is 3. The fraction of sp³-hybridized carbons (Fsp3) is 0.154. The van der Waals surface area contributed by atoms with Crippen molar-refractivity contribution >= 4 is 40.4 Å². The highest BCUT2D eigenvalue weighted by molar-refractivity contribution is 6.35. The summed E-state index contributed by atoms with van der Waals surface area (Å²) in [4.78, 5) is 4.16. The standard InChI is InChI=1S/C13H12Cl2FN3/c1-2-17-12-7-8(3-4-18-12)19-9-5-10(14)13(16)11(15)6-9/h3-7H,2H2,1H3,(H2,17,18,19). The number of rotatable bonds is 4. The van der Waals surface area contributed by atoms with Gasteiger partial charge in [-0.15, -0.1) is 0 Å². The van der Waals surface area contributed by atoms with Gasteiger partial charge in [-0.05, 0) is 25.1 Å². The van der Waals surface area contributed by atoms with E-state index in [9.17, 15) is 4.39 Å². The lowest BCUT2D eigenvalue weighted by atomic mass is 10.3. The Labute approximate surface area is 120 Å². The lowest BCUT2D eigenvalue weighted by Gasteiger charge is -2.10. The number of pyridine rings is 1. The Bertz CT molecular complexity index is 567. The molecular formula is C13H12Cl2FN3. The maximum Gasteiger partial charge on any atom is 0.160 e. The topological polar surface area (TPSA) is 37.0 Å². The molecule has 100 valence electrons. The second-order valence-electron chi connectivity index (χ2n) is 3.84. The molecule has 2 N–H and O–H groups in total. The van der Waals surface area contributed by atoms with Gasteiger partial charge in [-0.2, -0.15) is 0 Å². The molecule has 0 bridgehead atoms. The number of aromatic nitrogens is 1. The van der Waals surface area contributed by atoms with Crippen molar-refractivity contribution in [2.75, 3.05) is 17.2 Å². The van der Waals surface area contributed by atoms with Gasteiger partial charge in [-0.1, -0.05) is 23.2 Å². The SMILES string of the molecule is CCNc1cc(Nc2cc(Cl)c(F)c(Cl)c2)ccn1. The van der Waals surface area contributed by atoms with E-state index in [0.29, 0.717) is 5.69 Å². The number of nitrogens with one attached hydrogen (secondary N) is 2. The van der Waals surface area contributed by atoms with E-state index in [1.165, 1.54) is 12.1 Å². The zero-order valence-corrected chi connectivity index (χ0v) is 11.7. The van der Waals surface area contributed by atoms with E-state index in [-0.39, 0.29) is 10.0 Å². The summed E-state index contributed by atoms with van der Waals surface area (Å²) in [6, 6.07) is 6.60. The Morgan fingerprint density at radius 2 is 1.84 bits per heavy atom. The van der Waals surface area contributed by atoms with Crippen LogP contribution in [0.2, 0.25) is 10.0 Å². The smallest absolute Gasteiger partial charge is 0.160 e. The summed E-state index contributed by atoms with van der Waals surface area (Å²) in [7, 11) is 0. The summed E-state index contributed by atoms with van der Waals surface area (Å²) in [5, 5.41) is 6.16. The second kappa shape index (κ2) is 6.08. The van der Waals surface area contributed by atoms with Crippen molar-refractivity contribution in [3.63, 3.8) is 0 Å². The van der Waals surface area contributed by atoms with Gasteiger partial charge < -0.3 is 10.6 Å². The molecule has 0 saturated heterocycles. The number of benzene rings is 1. The molecule has 0 aliphatic carbocycles. The lowest BCUT2D eigenvalue weighted by molar-refractivity contribution is 0.629. The summed E-state index contributed by atoms with van der Waals surface area (Å²) >= 11 is 11.5. The van der Waals surface area contributed by atoms with E-state index in [2.05, 4.69) is 15.6 Å². The summed E-state index contributed by atoms with van der Waals surface area (Å²) in [5.74, 6) is 0.142. The molecule has 0 amide bonds. The molecule has 0 spiro atoms. The first-order valence-electron chi connectivity index (χ1n) is 5.71. The molecule has 0 saturated carbocycles. The Kier molecular flexibility index (Phi) is 4.45. The predicted octanol–water partition coefficient (Wildman–Crippen LogP) is 4.70. The number of nitrogens with zero attached hydrogens (tertiary/aromatic N) is 1. The molecule has 0 aliphatic heterocycles. The normalized spacial score (nSPS) is 10.3. The van der Waals surface area contributed by atoms with Crippen molar-refractivity contribution in [1.29, 1.82) is 0 Å². The molecule has 19 heavy (non-hydrogen) atoms. The van der Waals surface area contributed by atoms with Gasteiger partial charge in [-0.25, -0.2) is 9.37 Å². The maximum absolute atomic E-state index is 13.3. The van der Waals surface area contributed by atoms with Gasteiger partial charge in [-0.3, -0.25) is 0 Å². The van der Waals surface area contributed by atoms with Gasteiger partial charge >= 0.3 is 0 Å². The molecule has 0 atom stereocenters. The fourth-order valence-electron chi connectivity index (χ4n) is 1.58. The number of hydrogen-bond acceptors (Lipinski definition) is 3. The molecule has 1 heterocycles. The van der Waals surface area contributed by atoms with E-state index in [0.717, 1.165) is 18.1 Å². The molecule has 1 aromatic heterocycles. The van der Waals surface area contributed by atoms with Gasteiger partial charge in [0.25, 0.3) is 0 Å². The van der Waals surface area contributed by atoms with Crippen LogP contribution in [0.3, 0.4) is 0 Å². The van der Waals surface area contributed by atoms with E-state index in [4.69, 9.17) is 23.2 Å². The first-order valence-corrected chi connectivity index (χ1v) is 6.47. The van der Waals surface area contributed by atoms with Gasteiger partial charge in [0, 0.05) is 30.2 Å². The van der Waals surface area contributed by atoms with Crippen LogP contribution in [-0.4, -0.2) is 11.5 Å². The maximum atomic E-state index is 13.3. The van der Waals surface area contributed by atoms with E-state index in [1.807, 2.05) is 13.0 Å². The van der Waals surface area contributed by atoms with Gasteiger partial charge in [0.2, 0.25) is 0 Å². The molecule has 0 unspecified atom stereocenters. The van der Waals surface area contributed by atoms with Crippen LogP contribution in [0, 0.1) is 5.82 Å². The average molecular weight is 300 g/mol. The molecule has 2 rings (SSSR count). The molecular weight excluding hydrogens is 288 g/mol. The predicted molar refractivity (Wildman–Crippen MR) is 78.1 cm³/mol. The van der Waals surface area contributed by atoms with Crippen molar-refractivity contribution < 1.29 is 4.39 Å². The summed E-state index contributed by atoms with van der Waals surface area (Å²) in [5.41, 5.74) is 1.43. The second-order valence-corrected chi connectivity index (χ2v) is 4.65. The van der Waals surface area contributed by atoms with Gasteiger partial charge in [0.05, 0.1) is 10.0 Å². The van der Waals surface area contributed by atoms with Crippen molar-refractivity contribution in [3.05, 3.63) is 46.3 Å². The highest BCUT2D eigenvalue weighted by atomic mass is 35.5. The van der Waals surface area contributed by atoms with Crippen molar-refractivity contribution in [1.82, 2.24) is 4.98 Å². The minimum atomic E-state index is -0.614. The number of hydrogen-bond donors (Lipinski definition) is 2. The van der Waals surface area contributed by atoms with Crippen LogP contribution in [0.15, 0.2) is 30.5 Å². The van der Waals surface area contributed by atoms with Crippen molar-refractivity contribution in [2.45, 2.75) is 6.92 Å². The van der Waals surface area contributed by atoms with Crippen LogP contribution in [0.25, 0.3) is 0 Å². The monoisotopic (exact) mass is 299 g/mol. The van der Waals surface area contributed by atoms with Crippen molar-refractivity contribution in [2.24, 2.45) is 0 Å². The van der Waals surface area contributed by atoms with Crippen LogP contribution in [0.5, 0.6) is 0 Å². The van der Waals surface area contributed by atoms with Gasteiger partial charge in [0.1, 0.15) is 5.82 Å². The molecule has 1 aromatic carbocycles. The summed E-state index contributed by atoms with van der Waals surface area (Å²) in [6.07, 6.45) is 1.67. The molecule has 2 aromatic rings. The lowest BCUT2D eigenvalue weighted by Crippen LogP contribution is -2.00. The summed E-state index contributed by atoms with van der Waals surface area (Å²) in [6.45, 7) is 2.77. The van der Waals surface area contributed by atoms with Crippen LogP contribution in [0.4, 0.5) is 21.6 Å². The molecule has 3 nitrogen and oxygen atoms in total. The fourth-order valence-corrected chi connectivity index (χ4v) is 2.07. The van der Waals surface area contributed by atoms with Crippen LogP contribution < -0.4 is 10.6 Å². The van der Waals surface area contributed by atoms with Gasteiger partial charge in [0.15, 0.2) is 5.82 Å². The van der Waals surface area contributed by atoms with Crippen LogP contribution in [-0.2, 0) is 0 Å². The molecule has 0 aliphatic rings. The number of halogens is 3. The molecule has 0 fully saturated rings. The van der Waals surface area contributed by atoms with Crippen LogP contribution >= 0.6 is 23.2 Å². The first kappa shape index (κ1) is 13.9. The third-order valence-electron chi connectivity index (χ3n) is 2.39. The van der Waals surface area contributed by atoms with E-state index >= 15 is 0 Å². The summed E-state index contributed by atoms with van der Waals surface area (Å²) < 4.78 is 13.3. The zero-order chi connectivity index (χ0) is 13.8. The Hall–Kier alpha value is -1.52. The van der Waals surface area contributed by atoms with E-state index in [1.54, 1.807) is 12.3 Å². The molecule has 6 heteroatoms. The van der Waals surface area contributed by atoms with E-state index < -0.39 is 5.82 Å². The average Bonchev–Trinajstić information content (AvgIpc) is 2.37. The highest BCUT2D eigenvalue weighted by Crippen LogP contribution is 2.29. The minimum absolute atomic E-state index is 0.0176. The molecule has 0 radical (unpaired) electrons. The Morgan fingerprint density at radius 1 is 1.16 bits per heavy atom. The largest absolute Gasteiger partial charge is 0.370 e. The Morgan fingerprint density at radius 3 is 2.47 bits per heavy atom. The third-order valence-corrected chi connectivity index (χ3v) is 2.94. The third kappa shape index (κ3) is 3.49. The quantitative estimate of drug-likeness (QED) is 0.803. The highest BCUT2D eigenvalue weighted by Gasteiger charge is 2.07. The zero-order valence-electron chi connectivity index (χ0n) is 10.2. The van der Waals surface area contributed by atoms with Crippen molar-refractivity contribution in [3.8, 4) is 0 Å². The minimum Gasteiger partial charge on any atom is -0.370 e. The Balaban J connectivity index is 2.23. The first-order chi connectivity index (χ1) is 9.10.